The first-order valence-corrected chi connectivity index (χ1v) is 6.33. The van der Waals surface area contributed by atoms with Crippen LogP contribution in [0.2, 0.25) is 0 Å². The van der Waals surface area contributed by atoms with Crippen LogP contribution in [0.1, 0.15) is 22.8 Å². The highest BCUT2D eigenvalue weighted by atomic mass is 19.1. The molecular formula is C16H15FO2. The Morgan fingerprint density at radius 2 is 2.05 bits per heavy atom. The number of para-hydroxylation sites is 1. The fourth-order valence-electron chi connectivity index (χ4n) is 2.54. The van der Waals surface area contributed by atoms with Crippen molar-refractivity contribution in [1.29, 1.82) is 0 Å². The minimum atomic E-state index is -0.818. The van der Waals surface area contributed by atoms with Gasteiger partial charge in [-0.05, 0) is 41.8 Å². The number of ether oxygens (including phenoxy) is 1. The van der Waals surface area contributed by atoms with Crippen LogP contribution >= 0.6 is 0 Å². The number of hydrogen-bond acceptors (Lipinski definition) is 2. The third kappa shape index (κ3) is 2.34. The molecule has 2 unspecified atom stereocenters. The Kier molecular flexibility index (Phi) is 2.99. The number of halogens is 1. The molecule has 2 aromatic rings. The molecule has 1 aliphatic rings. The maximum Gasteiger partial charge on any atom is 0.133 e. The van der Waals surface area contributed by atoms with E-state index in [0.29, 0.717) is 12.0 Å². The second-order valence-electron chi connectivity index (χ2n) is 4.97. The SMILES string of the molecule is Cc1cc(F)cc(C(O)C2Cc3ccccc3O2)c1. The largest absolute Gasteiger partial charge is 0.487 e. The second kappa shape index (κ2) is 4.67. The summed E-state index contributed by atoms with van der Waals surface area (Å²) in [5.74, 6) is 0.476. The lowest BCUT2D eigenvalue weighted by atomic mass is 9.99. The van der Waals surface area contributed by atoms with Crippen molar-refractivity contribution in [3.63, 3.8) is 0 Å². The molecule has 19 heavy (non-hydrogen) atoms. The molecule has 1 aliphatic heterocycles. The number of aliphatic hydroxyl groups excluding tert-OH is 1. The van der Waals surface area contributed by atoms with Crippen molar-refractivity contribution in [3.05, 3.63) is 65.0 Å². The van der Waals surface area contributed by atoms with Crippen LogP contribution in [0, 0.1) is 12.7 Å². The van der Waals surface area contributed by atoms with Gasteiger partial charge in [0.05, 0.1) is 0 Å². The molecule has 2 aromatic carbocycles. The van der Waals surface area contributed by atoms with Gasteiger partial charge in [-0.3, -0.25) is 0 Å². The normalized spacial score (nSPS) is 18.8. The molecule has 1 heterocycles. The van der Waals surface area contributed by atoms with E-state index in [9.17, 15) is 9.50 Å². The minimum Gasteiger partial charge on any atom is -0.487 e. The first-order chi connectivity index (χ1) is 9.13. The fraction of sp³-hybridized carbons (Fsp3) is 0.250. The first kappa shape index (κ1) is 12.2. The summed E-state index contributed by atoms with van der Waals surface area (Å²) >= 11 is 0. The van der Waals surface area contributed by atoms with Crippen molar-refractivity contribution in [2.24, 2.45) is 0 Å². The van der Waals surface area contributed by atoms with Gasteiger partial charge in [-0.15, -0.1) is 0 Å². The van der Waals surface area contributed by atoms with Crippen LogP contribution in [0.15, 0.2) is 42.5 Å². The first-order valence-electron chi connectivity index (χ1n) is 6.33. The average Bonchev–Trinajstić information content (AvgIpc) is 2.80. The molecule has 98 valence electrons. The van der Waals surface area contributed by atoms with E-state index >= 15 is 0 Å². The van der Waals surface area contributed by atoms with Gasteiger partial charge >= 0.3 is 0 Å². The lowest BCUT2D eigenvalue weighted by molar-refractivity contribution is 0.0490. The molecule has 1 N–H and O–H groups in total. The zero-order valence-electron chi connectivity index (χ0n) is 10.6. The van der Waals surface area contributed by atoms with Gasteiger partial charge in [0.25, 0.3) is 0 Å². The van der Waals surface area contributed by atoms with Crippen molar-refractivity contribution in [2.45, 2.75) is 25.6 Å². The van der Waals surface area contributed by atoms with Crippen LogP contribution in [-0.2, 0) is 6.42 Å². The van der Waals surface area contributed by atoms with Gasteiger partial charge in [-0.1, -0.05) is 24.3 Å². The average molecular weight is 258 g/mol. The summed E-state index contributed by atoms with van der Waals surface area (Å²) in [5.41, 5.74) is 2.44. The molecule has 0 fully saturated rings. The van der Waals surface area contributed by atoms with Crippen molar-refractivity contribution in [2.75, 3.05) is 0 Å². The standard InChI is InChI=1S/C16H15FO2/c1-10-6-12(8-13(17)7-10)16(18)15-9-11-4-2-3-5-14(11)19-15/h2-8,15-16,18H,9H2,1H3. The number of benzene rings is 2. The van der Waals surface area contributed by atoms with E-state index in [-0.39, 0.29) is 11.9 Å². The summed E-state index contributed by atoms with van der Waals surface area (Å²) in [4.78, 5) is 0. The predicted molar refractivity (Wildman–Crippen MR) is 70.7 cm³/mol. The molecule has 3 heteroatoms. The molecule has 0 aromatic heterocycles. The predicted octanol–water partition coefficient (Wildman–Crippen LogP) is 3.17. The highest BCUT2D eigenvalue weighted by Gasteiger charge is 2.30. The van der Waals surface area contributed by atoms with Crippen LogP contribution in [0.4, 0.5) is 4.39 Å². The lowest BCUT2D eigenvalue weighted by Crippen LogP contribution is -2.23. The maximum absolute atomic E-state index is 13.4. The molecule has 3 rings (SSSR count). The topological polar surface area (TPSA) is 29.5 Å². The van der Waals surface area contributed by atoms with E-state index < -0.39 is 6.10 Å². The molecule has 0 spiro atoms. The van der Waals surface area contributed by atoms with Gasteiger partial charge in [-0.25, -0.2) is 4.39 Å². The smallest absolute Gasteiger partial charge is 0.133 e. The Morgan fingerprint density at radius 1 is 1.26 bits per heavy atom. The summed E-state index contributed by atoms with van der Waals surface area (Å²) < 4.78 is 19.1. The van der Waals surface area contributed by atoms with Gasteiger partial charge in [0.2, 0.25) is 0 Å². The highest BCUT2D eigenvalue weighted by Crippen LogP contribution is 2.34. The van der Waals surface area contributed by atoms with Crippen LogP contribution in [0.3, 0.4) is 0 Å². The van der Waals surface area contributed by atoms with E-state index in [2.05, 4.69) is 0 Å². The van der Waals surface area contributed by atoms with Crippen LogP contribution in [-0.4, -0.2) is 11.2 Å². The van der Waals surface area contributed by atoms with E-state index in [1.165, 1.54) is 12.1 Å². The third-order valence-electron chi connectivity index (χ3n) is 3.43. The Balaban J connectivity index is 1.84. The van der Waals surface area contributed by atoms with Crippen LogP contribution in [0.5, 0.6) is 5.75 Å². The molecule has 2 nitrogen and oxygen atoms in total. The molecule has 0 saturated carbocycles. The maximum atomic E-state index is 13.4. The Bertz CT molecular complexity index is 564. The van der Waals surface area contributed by atoms with Crippen molar-refractivity contribution in [1.82, 2.24) is 0 Å². The van der Waals surface area contributed by atoms with Crippen molar-refractivity contribution < 1.29 is 14.2 Å². The number of aliphatic hydroxyl groups is 1. The minimum absolute atomic E-state index is 0.329. The zero-order valence-corrected chi connectivity index (χ0v) is 10.6. The summed E-state index contributed by atoms with van der Waals surface area (Å²) in [6, 6.07) is 12.3. The zero-order chi connectivity index (χ0) is 13.4. The van der Waals surface area contributed by atoms with Gasteiger partial charge in [0.1, 0.15) is 23.8 Å². The van der Waals surface area contributed by atoms with E-state index in [0.717, 1.165) is 16.9 Å². The van der Waals surface area contributed by atoms with E-state index in [1.807, 2.05) is 31.2 Å². The lowest BCUT2D eigenvalue weighted by Gasteiger charge is -2.19. The number of hydrogen-bond donors (Lipinski definition) is 1. The van der Waals surface area contributed by atoms with Gasteiger partial charge in [0, 0.05) is 6.42 Å². The molecule has 0 amide bonds. The molecule has 2 atom stereocenters. The summed E-state index contributed by atoms with van der Waals surface area (Å²) in [6.07, 6.45) is -0.521. The van der Waals surface area contributed by atoms with Crippen LogP contribution < -0.4 is 4.74 Å². The second-order valence-corrected chi connectivity index (χ2v) is 4.97. The highest BCUT2D eigenvalue weighted by molar-refractivity contribution is 5.38. The molecular weight excluding hydrogens is 243 g/mol. The summed E-state index contributed by atoms with van der Waals surface area (Å²) in [7, 11) is 0. The third-order valence-corrected chi connectivity index (χ3v) is 3.43. The summed E-state index contributed by atoms with van der Waals surface area (Å²) in [5, 5.41) is 10.3. The van der Waals surface area contributed by atoms with Gasteiger partial charge < -0.3 is 9.84 Å². The van der Waals surface area contributed by atoms with Gasteiger partial charge in [-0.2, -0.15) is 0 Å². The number of rotatable bonds is 2. The van der Waals surface area contributed by atoms with E-state index in [1.54, 1.807) is 6.07 Å². The van der Waals surface area contributed by atoms with Crippen molar-refractivity contribution >= 4 is 0 Å². The Hall–Kier alpha value is -1.87. The monoisotopic (exact) mass is 258 g/mol. The molecule has 0 bridgehead atoms. The Labute approximate surface area is 111 Å². The van der Waals surface area contributed by atoms with Gasteiger partial charge in [0.15, 0.2) is 0 Å². The molecule has 0 radical (unpaired) electrons. The van der Waals surface area contributed by atoms with E-state index in [4.69, 9.17) is 4.74 Å². The summed E-state index contributed by atoms with van der Waals surface area (Å²) in [6.45, 7) is 1.81. The van der Waals surface area contributed by atoms with Crippen molar-refractivity contribution in [3.8, 4) is 5.75 Å². The van der Waals surface area contributed by atoms with Crippen LogP contribution in [0.25, 0.3) is 0 Å². The quantitative estimate of drug-likeness (QED) is 0.896. The number of fused-ring (bicyclic) bond motifs is 1. The molecule has 0 aliphatic carbocycles. The molecule has 0 saturated heterocycles. The fourth-order valence-corrected chi connectivity index (χ4v) is 2.54. The number of aryl methyl sites for hydroxylation is 1. The Morgan fingerprint density at radius 3 is 2.79 bits per heavy atom.